The van der Waals surface area contributed by atoms with Crippen LogP contribution in [0, 0.1) is 23.3 Å². The van der Waals surface area contributed by atoms with Gasteiger partial charge in [0.05, 0.1) is 0 Å². The highest BCUT2D eigenvalue weighted by Crippen LogP contribution is 2.20. The molecule has 2 aromatic carbocycles. The Kier molecular flexibility index (Phi) is 6.37. The van der Waals surface area contributed by atoms with Crippen molar-refractivity contribution in [3.63, 3.8) is 0 Å². The number of benzene rings is 2. The maximum Gasteiger partial charge on any atom is 0.240 e. The Balaban J connectivity index is 0.000000220. The van der Waals surface area contributed by atoms with Gasteiger partial charge in [-0.1, -0.05) is 6.07 Å². The number of carbonyl (C=O) groups excluding carboxylic acids is 2. The van der Waals surface area contributed by atoms with Gasteiger partial charge in [-0.05, 0) is 24.3 Å². The molecule has 0 fully saturated rings. The van der Waals surface area contributed by atoms with Crippen LogP contribution in [-0.4, -0.2) is 12.2 Å². The van der Waals surface area contributed by atoms with E-state index in [-0.39, 0.29) is 5.69 Å². The Hall–Kier alpha value is -3.08. The van der Waals surface area contributed by atoms with Crippen molar-refractivity contribution in [3.8, 4) is 0 Å². The third-order valence-corrected chi connectivity index (χ3v) is 2.17. The highest BCUT2D eigenvalue weighted by molar-refractivity contribution is 5.50. The van der Waals surface area contributed by atoms with Gasteiger partial charge in [0.15, 0.2) is 17.5 Å². The topological polar surface area (TPSA) is 58.9 Å². The van der Waals surface area contributed by atoms with E-state index < -0.39 is 29.0 Å². The number of nitrogens with zero attached hydrogens (tertiary/aromatic N) is 2. The SMILES string of the molecule is O=C=Nc1c(F)cccc1F.O=C=Nc1ccc(F)cc1F. The van der Waals surface area contributed by atoms with Gasteiger partial charge in [-0.25, -0.2) is 27.2 Å². The summed E-state index contributed by atoms with van der Waals surface area (Å²) in [6.07, 6.45) is 2.22. The van der Waals surface area contributed by atoms with Crippen molar-refractivity contribution in [3.05, 3.63) is 59.7 Å². The lowest BCUT2D eigenvalue weighted by atomic mass is 10.3. The molecule has 0 aliphatic heterocycles. The molecule has 22 heavy (non-hydrogen) atoms. The third kappa shape index (κ3) is 4.79. The van der Waals surface area contributed by atoms with Crippen LogP contribution < -0.4 is 0 Å². The van der Waals surface area contributed by atoms with E-state index in [0.717, 1.165) is 36.4 Å². The lowest BCUT2D eigenvalue weighted by Gasteiger charge is -1.93. The molecule has 2 aromatic rings. The van der Waals surface area contributed by atoms with Crippen LogP contribution in [0.5, 0.6) is 0 Å². The number of isocyanates is 2. The number of para-hydroxylation sites is 1. The summed E-state index contributed by atoms with van der Waals surface area (Å²) < 4.78 is 49.8. The number of hydrogen-bond acceptors (Lipinski definition) is 4. The smallest absolute Gasteiger partial charge is 0.211 e. The first-order chi connectivity index (χ1) is 10.5. The third-order valence-electron chi connectivity index (χ3n) is 2.17. The van der Waals surface area contributed by atoms with Gasteiger partial charge in [0.1, 0.15) is 17.2 Å². The fourth-order valence-electron chi connectivity index (χ4n) is 1.26. The predicted octanol–water partition coefficient (Wildman–Crippen LogP) is 3.86. The van der Waals surface area contributed by atoms with Crippen LogP contribution in [0.15, 0.2) is 46.4 Å². The van der Waals surface area contributed by atoms with Crippen LogP contribution in [0.1, 0.15) is 0 Å². The molecule has 0 saturated carbocycles. The predicted molar refractivity (Wildman–Crippen MR) is 68.3 cm³/mol. The van der Waals surface area contributed by atoms with Gasteiger partial charge in [0.25, 0.3) is 0 Å². The van der Waals surface area contributed by atoms with Crippen molar-refractivity contribution in [2.24, 2.45) is 9.98 Å². The molecule has 112 valence electrons. The fraction of sp³-hybridized carbons (Fsp3) is 0. The van der Waals surface area contributed by atoms with E-state index in [0.29, 0.717) is 6.07 Å². The maximum atomic E-state index is 12.5. The van der Waals surface area contributed by atoms with E-state index in [9.17, 15) is 27.2 Å². The summed E-state index contributed by atoms with van der Waals surface area (Å²) in [5.74, 6) is -3.30. The van der Waals surface area contributed by atoms with Gasteiger partial charge in [-0.15, -0.1) is 0 Å². The zero-order valence-corrected chi connectivity index (χ0v) is 10.7. The molecule has 0 bridgehead atoms. The Morgan fingerprint density at radius 1 is 0.773 bits per heavy atom. The normalized spacial score (nSPS) is 8.91. The quantitative estimate of drug-likeness (QED) is 0.480. The van der Waals surface area contributed by atoms with Crippen LogP contribution in [0.2, 0.25) is 0 Å². The molecule has 0 aliphatic rings. The second-order valence-electron chi connectivity index (χ2n) is 3.57. The fourth-order valence-corrected chi connectivity index (χ4v) is 1.26. The summed E-state index contributed by atoms with van der Waals surface area (Å²) in [7, 11) is 0. The molecular weight excluding hydrogens is 304 g/mol. The van der Waals surface area contributed by atoms with Crippen LogP contribution >= 0.6 is 0 Å². The molecule has 0 aliphatic carbocycles. The number of halogens is 4. The Morgan fingerprint density at radius 2 is 1.36 bits per heavy atom. The van der Waals surface area contributed by atoms with Crippen LogP contribution in [0.25, 0.3) is 0 Å². The molecule has 0 N–H and O–H groups in total. The van der Waals surface area contributed by atoms with Crippen LogP contribution in [0.3, 0.4) is 0 Å². The lowest BCUT2D eigenvalue weighted by molar-refractivity contribution is 0.560. The molecule has 2 rings (SSSR count). The summed E-state index contributed by atoms with van der Waals surface area (Å²) >= 11 is 0. The molecule has 8 heteroatoms. The van der Waals surface area contributed by atoms with Gasteiger partial charge >= 0.3 is 0 Å². The monoisotopic (exact) mass is 310 g/mol. The molecular formula is C14H6F4N2O2. The van der Waals surface area contributed by atoms with Crippen molar-refractivity contribution in [2.45, 2.75) is 0 Å². The van der Waals surface area contributed by atoms with E-state index in [1.807, 2.05) is 0 Å². The average Bonchev–Trinajstić information content (AvgIpc) is 2.47. The summed E-state index contributed by atoms with van der Waals surface area (Å²) in [5.41, 5.74) is -0.802. The first-order valence-corrected chi connectivity index (χ1v) is 5.54. The molecule has 4 nitrogen and oxygen atoms in total. The average molecular weight is 310 g/mol. The molecule has 0 amide bonds. The van der Waals surface area contributed by atoms with Crippen LogP contribution in [-0.2, 0) is 9.59 Å². The first-order valence-electron chi connectivity index (χ1n) is 5.54. The van der Waals surface area contributed by atoms with E-state index >= 15 is 0 Å². The van der Waals surface area contributed by atoms with E-state index in [4.69, 9.17) is 0 Å². The second kappa shape index (κ2) is 8.26. The molecule has 0 saturated heterocycles. The van der Waals surface area contributed by atoms with Gasteiger partial charge in [0, 0.05) is 6.07 Å². The highest BCUT2D eigenvalue weighted by atomic mass is 19.1. The van der Waals surface area contributed by atoms with Crippen molar-refractivity contribution in [2.75, 3.05) is 0 Å². The highest BCUT2D eigenvalue weighted by Gasteiger charge is 2.05. The zero-order chi connectivity index (χ0) is 16.5. The van der Waals surface area contributed by atoms with E-state index in [1.165, 1.54) is 6.07 Å². The Labute approximate surface area is 121 Å². The van der Waals surface area contributed by atoms with Crippen molar-refractivity contribution in [1.29, 1.82) is 0 Å². The maximum absolute atomic E-state index is 12.5. The standard InChI is InChI=1S/2C7H3F2NO/c8-5-1-2-7(10-4-11)6(9)3-5;8-5-2-1-3-6(9)7(5)10-4-11/h2*1-3H. The summed E-state index contributed by atoms with van der Waals surface area (Å²) in [4.78, 5) is 25.2. The first kappa shape index (κ1) is 17.0. The van der Waals surface area contributed by atoms with Crippen LogP contribution in [0.4, 0.5) is 28.9 Å². The van der Waals surface area contributed by atoms with E-state index in [1.54, 1.807) is 0 Å². The van der Waals surface area contributed by atoms with E-state index in [2.05, 4.69) is 9.98 Å². The molecule has 0 spiro atoms. The number of rotatable bonds is 2. The molecule has 0 radical (unpaired) electrons. The summed E-state index contributed by atoms with van der Waals surface area (Å²) in [6.45, 7) is 0. The van der Waals surface area contributed by atoms with Crippen molar-refractivity contribution in [1.82, 2.24) is 0 Å². The Bertz CT molecular complexity index is 747. The number of aliphatic imine (C=N–C) groups is 2. The minimum atomic E-state index is -0.867. The molecule has 0 aromatic heterocycles. The minimum Gasteiger partial charge on any atom is -0.211 e. The van der Waals surface area contributed by atoms with Gasteiger partial charge < -0.3 is 0 Å². The van der Waals surface area contributed by atoms with Crippen molar-refractivity contribution < 1.29 is 27.2 Å². The molecule has 0 atom stereocenters. The van der Waals surface area contributed by atoms with Crippen molar-refractivity contribution >= 4 is 23.5 Å². The van der Waals surface area contributed by atoms with Gasteiger partial charge in [-0.3, -0.25) is 0 Å². The second-order valence-corrected chi connectivity index (χ2v) is 3.57. The van der Waals surface area contributed by atoms with Gasteiger partial charge in [-0.2, -0.15) is 9.98 Å². The number of hydrogen-bond donors (Lipinski definition) is 0. The minimum absolute atomic E-state index is 0.207. The lowest BCUT2D eigenvalue weighted by Crippen LogP contribution is -1.80. The summed E-state index contributed by atoms with van der Waals surface area (Å²) in [5, 5.41) is 0. The largest absolute Gasteiger partial charge is 0.240 e. The zero-order valence-electron chi connectivity index (χ0n) is 10.7. The summed E-state index contributed by atoms with van der Waals surface area (Å²) in [6, 6.07) is 5.94. The van der Waals surface area contributed by atoms with Gasteiger partial charge in [0.2, 0.25) is 12.2 Å². The molecule has 0 heterocycles. The molecule has 0 unspecified atom stereocenters. The Morgan fingerprint density at radius 3 is 1.86 bits per heavy atom.